The highest BCUT2D eigenvalue weighted by Gasteiger charge is 2.34. The number of carbonyl (C=O) groups is 2. The van der Waals surface area contributed by atoms with Gasteiger partial charge in [0.05, 0.1) is 18.0 Å². The van der Waals surface area contributed by atoms with Gasteiger partial charge in [0.15, 0.2) is 4.90 Å². The summed E-state index contributed by atoms with van der Waals surface area (Å²) in [6.07, 6.45) is 1.71. The molecular formula is C31H43ClN8O7S. The Labute approximate surface area is 286 Å². The van der Waals surface area contributed by atoms with Gasteiger partial charge >= 0.3 is 0 Å². The van der Waals surface area contributed by atoms with Crippen molar-refractivity contribution in [3.8, 4) is 11.4 Å². The molecule has 17 heteroatoms. The van der Waals surface area contributed by atoms with Crippen molar-refractivity contribution in [2.45, 2.75) is 57.5 Å². The third-order valence-corrected chi connectivity index (χ3v) is 10.3. The Kier molecular flexibility index (Phi) is 13.6. The maximum atomic E-state index is 13.9. The molecule has 3 aromatic rings. The van der Waals surface area contributed by atoms with E-state index in [9.17, 15) is 28.1 Å². The van der Waals surface area contributed by atoms with Crippen LogP contribution < -0.4 is 15.5 Å². The van der Waals surface area contributed by atoms with Crippen LogP contribution in [0.3, 0.4) is 0 Å². The van der Waals surface area contributed by atoms with Crippen LogP contribution in [0, 0.1) is 24.0 Å². The summed E-state index contributed by atoms with van der Waals surface area (Å²) in [6, 6.07) is 10.0. The minimum atomic E-state index is -4.34. The number of benzene rings is 2. The largest absolute Gasteiger partial charge is 0.342 e. The number of nitro benzene ring substituents is 1. The highest BCUT2D eigenvalue weighted by atomic mass is 35.5. The predicted octanol–water partition coefficient (Wildman–Crippen LogP) is 2.92. The number of nitrogens with zero attached hydrogens (tertiary/aromatic N) is 6. The van der Waals surface area contributed by atoms with Gasteiger partial charge in [-0.2, -0.15) is 9.29 Å². The van der Waals surface area contributed by atoms with Gasteiger partial charge in [0, 0.05) is 56.5 Å². The van der Waals surface area contributed by atoms with Crippen LogP contribution in [-0.4, -0.2) is 103 Å². The lowest BCUT2D eigenvalue weighted by molar-refractivity contribution is -0.387. The van der Waals surface area contributed by atoms with Crippen molar-refractivity contribution in [3.63, 3.8) is 0 Å². The molecule has 1 aromatic heterocycles. The van der Waals surface area contributed by atoms with Crippen molar-refractivity contribution in [3.05, 3.63) is 64.0 Å². The number of amides is 2. The second-order valence-corrected chi connectivity index (χ2v) is 13.6. The molecule has 262 valence electrons. The van der Waals surface area contributed by atoms with Crippen molar-refractivity contribution >= 4 is 45.6 Å². The summed E-state index contributed by atoms with van der Waals surface area (Å²) in [6.45, 7) is 7.98. The van der Waals surface area contributed by atoms with Crippen LogP contribution in [0.4, 0.5) is 11.4 Å². The maximum absolute atomic E-state index is 13.9. The first kappa shape index (κ1) is 38.5. The Morgan fingerprint density at radius 1 is 1.08 bits per heavy atom. The molecule has 1 aliphatic rings. The summed E-state index contributed by atoms with van der Waals surface area (Å²) >= 11 is 0. The Bertz CT molecular complexity index is 1700. The number of likely N-dealkylation sites (N-methyl/N-ethyl adjacent to an activating group) is 1. The molecule has 4 rings (SSSR count). The highest BCUT2D eigenvalue weighted by molar-refractivity contribution is 7.89. The van der Waals surface area contributed by atoms with E-state index >= 15 is 0 Å². The molecule has 2 heterocycles. The molecule has 0 spiro atoms. The van der Waals surface area contributed by atoms with Gasteiger partial charge in [0.2, 0.25) is 33.6 Å². The number of hydrogen-bond donors (Lipinski definition) is 2. The first-order valence-electron chi connectivity index (χ1n) is 15.4. The predicted molar refractivity (Wildman–Crippen MR) is 182 cm³/mol. The molecular weight excluding hydrogens is 664 g/mol. The van der Waals surface area contributed by atoms with Crippen molar-refractivity contribution in [2.24, 2.45) is 0 Å². The SMILES string of the molecule is Cc1nc(-c2ccc(C)c(N(CCN(C(C)C)S(=O)(=O)c3ccccc3[N+](=O)[O-])C(=O)CNCC(=O)N(C)C3CCNCC3)c2)no1.Cl. The lowest BCUT2D eigenvalue weighted by atomic mass is 10.1. The lowest BCUT2D eigenvalue weighted by Gasteiger charge is -2.32. The fraction of sp³-hybridized carbons (Fsp3) is 0.484. The number of nitrogens with one attached hydrogen (secondary N) is 2. The number of aromatic nitrogens is 2. The summed E-state index contributed by atoms with van der Waals surface area (Å²) in [5.41, 5.74) is 1.26. The average molecular weight is 707 g/mol. The van der Waals surface area contributed by atoms with Crippen LogP contribution >= 0.6 is 12.4 Å². The number of para-hydroxylation sites is 1. The number of halogens is 1. The van der Waals surface area contributed by atoms with Crippen molar-refractivity contribution in [2.75, 3.05) is 51.2 Å². The van der Waals surface area contributed by atoms with Gasteiger partial charge in [-0.25, -0.2) is 8.42 Å². The zero-order chi connectivity index (χ0) is 34.3. The Morgan fingerprint density at radius 3 is 2.38 bits per heavy atom. The van der Waals surface area contributed by atoms with Crippen LogP contribution in [0.25, 0.3) is 11.4 Å². The van der Waals surface area contributed by atoms with Crippen molar-refractivity contribution < 1.29 is 27.5 Å². The fourth-order valence-corrected chi connectivity index (χ4v) is 7.32. The van der Waals surface area contributed by atoms with Gasteiger partial charge in [-0.3, -0.25) is 25.0 Å². The molecule has 0 radical (unpaired) electrons. The van der Waals surface area contributed by atoms with Gasteiger partial charge in [-0.05, 0) is 64.4 Å². The van der Waals surface area contributed by atoms with Gasteiger partial charge in [0.25, 0.3) is 5.69 Å². The smallest absolute Gasteiger partial charge is 0.289 e. The maximum Gasteiger partial charge on any atom is 0.289 e. The average Bonchev–Trinajstić information content (AvgIpc) is 3.49. The first-order chi connectivity index (χ1) is 22.3. The van der Waals surface area contributed by atoms with E-state index in [2.05, 4.69) is 20.8 Å². The molecule has 0 bridgehead atoms. The van der Waals surface area contributed by atoms with E-state index in [1.807, 2.05) is 6.92 Å². The van der Waals surface area contributed by atoms with Gasteiger partial charge < -0.3 is 19.6 Å². The summed E-state index contributed by atoms with van der Waals surface area (Å²) in [5.74, 6) is 0.150. The Hall–Kier alpha value is -3.96. The van der Waals surface area contributed by atoms with Gasteiger partial charge in [-0.15, -0.1) is 12.4 Å². The van der Waals surface area contributed by atoms with Gasteiger partial charge in [0.1, 0.15) is 0 Å². The highest BCUT2D eigenvalue weighted by Crippen LogP contribution is 2.30. The molecule has 2 aromatic carbocycles. The molecule has 0 saturated carbocycles. The second-order valence-electron chi connectivity index (χ2n) is 11.7. The zero-order valence-electron chi connectivity index (χ0n) is 27.7. The van der Waals surface area contributed by atoms with E-state index < -0.39 is 37.5 Å². The summed E-state index contributed by atoms with van der Waals surface area (Å²) in [7, 11) is -2.57. The molecule has 2 amide bonds. The minimum Gasteiger partial charge on any atom is -0.342 e. The summed E-state index contributed by atoms with van der Waals surface area (Å²) in [4.78, 5) is 44.7. The van der Waals surface area contributed by atoms with Crippen LogP contribution in [-0.2, 0) is 19.6 Å². The quantitative estimate of drug-likeness (QED) is 0.186. The number of anilines is 1. The Balaban J connectivity index is 0.00000625. The number of rotatable bonds is 14. The Morgan fingerprint density at radius 2 is 1.75 bits per heavy atom. The molecule has 1 fully saturated rings. The molecule has 0 aliphatic carbocycles. The van der Waals surface area contributed by atoms with E-state index in [0.717, 1.165) is 41.9 Å². The van der Waals surface area contributed by atoms with E-state index in [1.165, 1.54) is 23.1 Å². The zero-order valence-corrected chi connectivity index (χ0v) is 29.3. The molecule has 1 aliphatic heterocycles. The third-order valence-electron chi connectivity index (χ3n) is 8.16. The molecule has 15 nitrogen and oxygen atoms in total. The number of nitro groups is 1. The number of hydrogen-bond acceptors (Lipinski definition) is 11. The fourth-order valence-electron chi connectivity index (χ4n) is 5.54. The molecule has 1 saturated heterocycles. The normalized spacial score (nSPS) is 13.7. The monoisotopic (exact) mass is 706 g/mol. The lowest BCUT2D eigenvalue weighted by Crippen LogP contribution is -2.49. The van der Waals surface area contributed by atoms with Crippen LogP contribution in [0.15, 0.2) is 51.9 Å². The van der Waals surface area contributed by atoms with Crippen molar-refractivity contribution in [1.82, 2.24) is 30.0 Å². The summed E-state index contributed by atoms with van der Waals surface area (Å²) < 4.78 is 33.9. The standard InChI is InChI=1S/C31H42N8O7S.ClH/c1-21(2)38(47(44,45)28-9-7-6-8-26(28)39(42)43)17-16-37(27-18-24(11-10-22(27)3)31-34-23(4)46-35-31)30(41)20-33-19-29(40)36(5)25-12-14-32-15-13-25;/h6-11,18,21,25,32-33H,12-17,19-20H2,1-5H3;1H. The van der Waals surface area contributed by atoms with E-state index in [4.69, 9.17) is 4.52 Å². The number of aryl methyl sites for hydroxylation is 2. The number of carbonyl (C=O) groups excluding carboxylic acids is 2. The molecule has 0 atom stereocenters. The van der Waals surface area contributed by atoms with E-state index in [0.29, 0.717) is 23.0 Å². The van der Waals surface area contributed by atoms with Crippen molar-refractivity contribution in [1.29, 1.82) is 0 Å². The van der Waals surface area contributed by atoms with E-state index in [1.54, 1.807) is 50.9 Å². The molecule has 2 N–H and O–H groups in total. The summed E-state index contributed by atoms with van der Waals surface area (Å²) in [5, 5.41) is 21.9. The first-order valence-corrected chi connectivity index (χ1v) is 16.9. The van der Waals surface area contributed by atoms with Gasteiger partial charge in [-0.1, -0.05) is 29.4 Å². The molecule has 48 heavy (non-hydrogen) atoms. The van der Waals surface area contributed by atoms with Crippen LogP contribution in [0.1, 0.15) is 38.1 Å². The minimum absolute atomic E-state index is 0. The van der Waals surface area contributed by atoms with Crippen LogP contribution in [0.2, 0.25) is 0 Å². The number of sulfonamides is 1. The van der Waals surface area contributed by atoms with Crippen LogP contribution in [0.5, 0.6) is 0 Å². The third kappa shape index (κ3) is 9.14. The molecule has 0 unspecified atom stereocenters. The van der Waals surface area contributed by atoms with E-state index in [-0.39, 0.29) is 50.5 Å². The topological polar surface area (TPSA) is 184 Å². The number of piperidine rings is 1. The second kappa shape index (κ2) is 16.9.